The molecule has 0 saturated carbocycles. The molecule has 0 heterocycles. The van der Waals surface area contributed by atoms with Gasteiger partial charge in [-0.3, -0.25) is 33.6 Å². The Morgan fingerprint density at radius 2 is 0.705 bits per heavy atom. The van der Waals surface area contributed by atoms with Crippen molar-refractivity contribution in [3.05, 3.63) is 189 Å². The lowest BCUT2D eigenvalue weighted by Gasteiger charge is -2.21. The van der Waals surface area contributed by atoms with E-state index in [1.807, 2.05) is 96.6 Å². The molecule has 7 amide bonds. The minimum absolute atomic E-state index is 0.0131. The number of rotatable bonds is 21. The van der Waals surface area contributed by atoms with Crippen LogP contribution in [-0.4, -0.2) is 208 Å². The lowest BCUT2D eigenvalue weighted by molar-refractivity contribution is 0.0786. The van der Waals surface area contributed by atoms with Gasteiger partial charge in [-0.25, -0.2) is 8.78 Å². The van der Waals surface area contributed by atoms with Gasteiger partial charge in [0.05, 0.1) is 26.9 Å². The van der Waals surface area contributed by atoms with Gasteiger partial charge in [0.1, 0.15) is 28.9 Å². The van der Waals surface area contributed by atoms with Crippen molar-refractivity contribution >= 4 is 81.2 Å². The van der Waals surface area contributed by atoms with Gasteiger partial charge in [0, 0.05) is 211 Å². The standard InChI is InChI=1S/C13H20N2O2.2C13H20N2O.C11H16N2O2.C10H13FN2O.C10H14N2O2.C9H11FN2O/c1-5-8-15(3)13(16)11-9-10(14-2)6-7-12(11)17-4;1-13(2,3)10-6-9(12(16)15-5)7-11(8-10)14-4;1-5-6-15(4)13(16)11-7-10(2)8-12(9-11)14-3;1-12-9-5-8(11(14)13(2)3)6-10(7-9)15-4;1-12-9-5-7(4-8(11)6-9)10(14)13(2)3;1-11-8-4-7(10(13)12-2)5-9(6-8)14-3;1-11-8-4-6(9(13)12-2)3-7(10)5-8/h6-7,9,14H,5,8H2,1-4H3;6-8,14H,1-5H3,(H,15,16);7-9,14H,5-6H2,1-4H3;5-7,12H,1-4H3;4-6,12H,1-3H3;4-6,11H,1-3H3,(H,12,13);3-5,11H,1-2H3,(H,12,13). The van der Waals surface area contributed by atoms with E-state index in [1.54, 1.807) is 151 Å². The molecular formula is C79H114F2N14O10. The smallest absolute Gasteiger partial charge is 0.257 e. The molecule has 7 aromatic carbocycles. The summed E-state index contributed by atoms with van der Waals surface area (Å²) < 4.78 is 41.3. The first-order valence-corrected chi connectivity index (χ1v) is 33.9. The molecule has 26 heteroatoms. The maximum Gasteiger partial charge on any atom is 0.257 e. The molecule has 10 N–H and O–H groups in total. The average Bonchev–Trinajstić information content (AvgIpc) is 0.831. The number of nitrogens with one attached hydrogen (secondary N) is 10. The Hall–Kier alpha value is -11.3. The van der Waals surface area contributed by atoms with Gasteiger partial charge in [-0.2, -0.15) is 0 Å². The highest BCUT2D eigenvalue weighted by Crippen LogP contribution is 2.28. The predicted molar refractivity (Wildman–Crippen MR) is 426 cm³/mol. The van der Waals surface area contributed by atoms with Gasteiger partial charge in [-0.15, -0.1) is 0 Å². The Labute approximate surface area is 621 Å². The number of halogens is 2. The molecule has 0 aromatic heterocycles. The Morgan fingerprint density at radius 3 is 1.08 bits per heavy atom. The van der Waals surface area contributed by atoms with Gasteiger partial charge in [-0.1, -0.05) is 34.6 Å². The second kappa shape index (κ2) is 47.1. The number of nitrogens with zero attached hydrogens (tertiary/aromatic N) is 4. The summed E-state index contributed by atoms with van der Waals surface area (Å²) in [7, 11) is 32.3. The van der Waals surface area contributed by atoms with Crippen LogP contribution in [0.2, 0.25) is 0 Å². The fraction of sp³-hybridized carbons (Fsp3) is 0.380. The number of anilines is 7. The number of methoxy groups -OCH3 is 3. The van der Waals surface area contributed by atoms with Gasteiger partial charge in [-0.05, 0) is 152 Å². The molecule has 0 aliphatic heterocycles. The number of hydrogen-bond acceptors (Lipinski definition) is 17. The Bertz CT molecular complexity index is 3890. The zero-order valence-electron chi connectivity index (χ0n) is 66.1. The van der Waals surface area contributed by atoms with Gasteiger partial charge < -0.3 is 87.0 Å². The molecule has 0 spiro atoms. The molecular weight excluding hydrogens is 1340 g/mol. The largest absolute Gasteiger partial charge is 0.497 e. The van der Waals surface area contributed by atoms with Crippen molar-refractivity contribution in [3.63, 3.8) is 0 Å². The summed E-state index contributed by atoms with van der Waals surface area (Å²) in [5, 5.41) is 28.3. The SMILES string of the molecule is CCCN(C)C(=O)c1cc(C)cc(NC)c1.CCCN(C)C(=O)c1cc(NC)ccc1OC.CNC(=O)c1cc(F)cc(NC)c1.CNC(=O)c1cc(NC)cc(C(C)(C)C)c1.CNC(=O)c1cc(NC)cc(OC)c1.CNc1cc(F)cc(C(=O)N(C)C)c1.CNc1cc(OC)cc(C(=O)N(C)C)c1. The van der Waals surface area contributed by atoms with Crippen molar-refractivity contribution in [2.24, 2.45) is 0 Å². The van der Waals surface area contributed by atoms with Crippen LogP contribution >= 0.6 is 0 Å². The van der Waals surface area contributed by atoms with E-state index in [9.17, 15) is 42.3 Å². The normalized spacial score (nSPS) is 9.90. The predicted octanol–water partition coefficient (Wildman–Crippen LogP) is 12.5. The van der Waals surface area contributed by atoms with Crippen LogP contribution in [0.3, 0.4) is 0 Å². The van der Waals surface area contributed by atoms with E-state index in [1.165, 1.54) is 41.1 Å². The van der Waals surface area contributed by atoms with Crippen molar-refractivity contribution in [2.45, 2.75) is 59.8 Å². The third-order valence-corrected chi connectivity index (χ3v) is 15.2. The van der Waals surface area contributed by atoms with E-state index in [0.717, 1.165) is 71.1 Å². The first-order valence-electron chi connectivity index (χ1n) is 33.9. The molecule has 0 aliphatic rings. The molecule has 0 aliphatic carbocycles. The van der Waals surface area contributed by atoms with E-state index in [-0.39, 0.29) is 46.8 Å². The molecule has 0 fully saturated rings. The number of carbonyl (C=O) groups is 7. The average molecular weight is 1460 g/mol. The quantitative estimate of drug-likeness (QED) is 0.0320. The monoisotopic (exact) mass is 1460 g/mol. The zero-order valence-corrected chi connectivity index (χ0v) is 66.1. The van der Waals surface area contributed by atoms with E-state index in [2.05, 4.69) is 86.9 Å². The van der Waals surface area contributed by atoms with E-state index < -0.39 is 11.6 Å². The molecule has 7 rings (SSSR count). The van der Waals surface area contributed by atoms with Gasteiger partial charge in [0.15, 0.2) is 0 Å². The van der Waals surface area contributed by atoms with Crippen LogP contribution in [0.5, 0.6) is 17.2 Å². The fourth-order valence-corrected chi connectivity index (χ4v) is 9.37. The maximum absolute atomic E-state index is 13.0. The zero-order chi connectivity index (χ0) is 79.8. The van der Waals surface area contributed by atoms with E-state index in [4.69, 9.17) is 14.2 Å². The summed E-state index contributed by atoms with van der Waals surface area (Å²) in [5.41, 5.74) is 11.9. The maximum atomic E-state index is 13.0. The second-order valence-corrected chi connectivity index (χ2v) is 24.7. The first kappa shape index (κ1) is 91.7. The van der Waals surface area contributed by atoms with Crippen LogP contribution in [-0.2, 0) is 5.41 Å². The van der Waals surface area contributed by atoms with E-state index in [0.29, 0.717) is 62.0 Å². The molecule has 24 nitrogen and oxygen atoms in total. The minimum Gasteiger partial charge on any atom is -0.497 e. The fourth-order valence-electron chi connectivity index (χ4n) is 9.37. The Morgan fingerprint density at radius 1 is 0.371 bits per heavy atom. The lowest BCUT2D eigenvalue weighted by Crippen LogP contribution is -2.27. The molecule has 0 bridgehead atoms. The molecule has 7 aromatic rings. The van der Waals surface area contributed by atoms with Gasteiger partial charge >= 0.3 is 0 Å². The summed E-state index contributed by atoms with van der Waals surface area (Å²) in [6.07, 6.45) is 1.92. The first-order chi connectivity index (χ1) is 49.6. The van der Waals surface area contributed by atoms with Crippen LogP contribution < -0.4 is 67.4 Å². The van der Waals surface area contributed by atoms with Crippen molar-refractivity contribution < 1.29 is 56.6 Å². The lowest BCUT2D eigenvalue weighted by atomic mass is 9.85. The number of amides is 7. The van der Waals surface area contributed by atoms with Gasteiger partial charge in [0.2, 0.25) is 0 Å². The van der Waals surface area contributed by atoms with E-state index >= 15 is 0 Å². The number of carbonyl (C=O) groups excluding carboxylic acids is 7. The number of hydrogen-bond donors (Lipinski definition) is 10. The summed E-state index contributed by atoms with van der Waals surface area (Å²) >= 11 is 0. The number of ether oxygens (including phenoxy) is 3. The molecule has 105 heavy (non-hydrogen) atoms. The van der Waals surface area contributed by atoms with Crippen molar-refractivity contribution in [2.75, 3.05) is 184 Å². The minimum atomic E-state index is -0.426. The van der Waals surface area contributed by atoms with Gasteiger partial charge in [0.25, 0.3) is 41.4 Å². The van der Waals surface area contributed by atoms with Crippen molar-refractivity contribution in [3.8, 4) is 17.2 Å². The summed E-state index contributed by atoms with van der Waals surface area (Å²) in [4.78, 5) is 88.0. The van der Waals surface area contributed by atoms with Crippen LogP contribution in [0, 0.1) is 18.6 Å². The Kier molecular flexibility index (Phi) is 41.1. The van der Waals surface area contributed by atoms with Crippen LogP contribution in [0.4, 0.5) is 48.6 Å². The summed E-state index contributed by atoms with van der Waals surface area (Å²) in [5.74, 6) is 0.459. The molecule has 0 unspecified atom stereocenters. The second-order valence-electron chi connectivity index (χ2n) is 24.7. The highest BCUT2D eigenvalue weighted by molar-refractivity contribution is 5.99. The van der Waals surface area contributed by atoms with Crippen molar-refractivity contribution in [1.29, 1.82) is 0 Å². The third kappa shape index (κ3) is 31.5. The summed E-state index contributed by atoms with van der Waals surface area (Å²) in [6.45, 7) is 14.1. The highest BCUT2D eigenvalue weighted by Gasteiger charge is 2.20. The molecule has 0 saturated heterocycles. The highest BCUT2D eigenvalue weighted by atomic mass is 19.1. The molecule has 0 atom stereocenters. The number of aryl methyl sites for hydroxylation is 1. The topological polar surface area (TPSA) is 280 Å². The van der Waals surface area contributed by atoms with Crippen LogP contribution in [0.25, 0.3) is 0 Å². The van der Waals surface area contributed by atoms with Crippen LogP contribution in [0.15, 0.2) is 127 Å². The number of benzene rings is 7. The Balaban J connectivity index is 0.000000613. The third-order valence-electron chi connectivity index (χ3n) is 15.2. The van der Waals surface area contributed by atoms with Crippen LogP contribution in [0.1, 0.15) is 131 Å². The molecule has 574 valence electrons. The summed E-state index contributed by atoms with van der Waals surface area (Å²) in [6, 6.07) is 36.2. The van der Waals surface area contributed by atoms with Crippen molar-refractivity contribution in [1.82, 2.24) is 35.6 Å². The molecule has 0 radical (unpaired) electrons.